The smallest absolute Gasteiger partial charge is 0.157 e. The molecular weight excluding hydrogens is 505 g/mol. The van der Waals surface area contributed by atoms with Gasteiger partial charge >= 0.3 is 0 Å². The van der Waals surface area contributed by atoms with Crippen molar-refractivity contribution >= 4 is 39.9 Å². The summed E-state index contributed by atoms with van der Waals surface area (Å²) < 4.78 is 20.3. The van der Waals surface area contributed by atoms with Crippen LogP contribution in [0.25, 0.3) is 11.1 Å². The third-order valence-electron chi connectivity index (χ3n) is 5.06. The van der Waals surface area contributed by atoms with Crippen molar-refractivity contribution < 1.29 is 14.2 Å². The van der Waals surface area contributed by atoms with Crippen LogP contribution in [0.2, 0.25) is 0 Å². The molecule has 0 bridgehead atoms. The van der Waals surface area contributed by atoms with Gasteiger partial charge in [-0.3, -0.25) is 4.98 Å². The predicted molar refractivity (Wildman–Crippen MR) is 132 cm³/mol. The SMILES string of the molecule is INc1cc(-c2ccncc2)ccc1Nc1ccc(OCCOC2CCCCO2)cc1. The zero-order chi connectivity index (χ0) is 21.3. The Kier molecular flexibility index (Phi) is 7.98. The largest absolute Gasteiger partial charge is 0.491 e. The van der Waals surface area contributed by atoms with Gasteiger partial charge in [-0.15, -0.1) is 0 Å². The van der Waals surface area contributed by atoms with Gasteiger partial charge in [-0.05, 0) is 78.9 Å². The van der Waals surface area contributed by atoms with Gasteiger partial charge in [0.15, 0.2) is 6.29 Å². The van der Waals surface area contributed by atoms with Crippen LogP contribution in [0.5, 0.6) is 5.75 Å². The van der Waals surface area contributed by atoms with Crippen LogP contribution in [-0.4, -0.2) is 31.1 Å². The Bertz CT molecular complexity index is 948. The van der Waals surface area contributed by atoms with Crippen LogP contribution >= 0.6 is 22.9 Å². The maximum absolute atomic E-state index is 5.78. The number of halogens is 1. The maximum atomic E-state index is 5.78. The lowest BCUT2D eigenvalue weighted by Crippen LogP contribution is -2.24. The van der Waals surface area contributed by atoms with Crippen molar-refractivity contribution in [3.63, 3.8) is 0 Å². The van der Waals surface area contributed by atoms with Crippen LogP contribution in [0.15, 0.2) is 67.0 Å². The highest BCUT2D eigenvalue weighted by molar-refractivity contribution is 14.1. The Morgan fingerprint density at radius 3 is 2.52 bits per heavy atom. The molecule has 162 valence electrons. The van der Waals surface area contributed by atoms with Crippen LogP contribution in [0.1, 0.15) is 19.3 Å². The van der Waals surface area contributed by atoms with Crippen molar-refractivity contribution in [1.82, 2.24) is 4.98 Å². The van der Waals surface area contributed by atoms with E-state index in [0.29, 0.717) is 13.2 Å². The molecule has 1 fully saturated rings. The fourth-order valence-corrected chi connectivity index (χ4v) is 3.87. The summed E-state index contributed by atoms with van der Waals surface area (Å²) in [4.78, 5) is 4.09. The molecule has 2 aromatic carbocycles. The summed E-state index contributed by atoms with van der Waals surface area (Å²) in [5.74, 6) is 0.819. The van der Waals surface area contributed by atoms with Gasteiger partial charge in [0.2, 0.25) is 0 Å². The number of rotatable bonds is 9. The number of hydrogen-bond acceptors (Lipinski definition) is 6. The van der Waals surface area contributed by atoms with Crippen molar-refractivity contribution in [2.75, 3.05) is 28.7 Å². The number of nitrogens with zero attached hydrogens (tertiary/aromatic N) is 1. The molecule has 1 aromatic heterocycles. The normalized spacial score (nSPS) is 16.0. The van der Waals surface area contributed by atoms with Gasteiger partial charge < -0.3 is 23.1 Å². The maximum Gasteiger partial charge on any atom is 0.157 e. The van der Waals surface area contributed by atoms with E-state index >= 15 is 0 Å². The first-order chi connectivity index (χ1) is 15.3. The second-order valence-electron chi connectivity index (χ2n) is 7.26. The lowest BCUT2D eigenvalue weighted by Gasteiger charge is -2.22. The molecular formula is C24H26IN3O3. The van der Waals surface area contributed by atoms with Crippen LogP contribution in [0.3, 0.4) is 0 Å². The van der Waals surface area contributed by atoms with E-state index in [9.17, 15) is 0 Å². The van der Waals surface area contributed by atoms with Gasteiger partial charge in [0.05, 0.1) is 40.8 Å². The minimum atomic E-state index is -0.0745. The molecule has 31 heavy (non-hydrogen) atoms. The molecule has 1 aliphatic heterocycles. The second kappa shape index (κ2) is 11.3. The first kappa shape index (κ1) is 21.9. The average Bonchev–Trinajstić information content (AvgIpc) is 2.84. The van der Waals surface area contributed by atoms with Crippen LogP contribution in [-0.2, 0) is 9.47 Å². The number of aromatic nitrogens is 1. The molecule has 1 aliphatic rings. The Balaban J connectivity index is 1.31. The molecule has 6 nitrogen and oxygen atoms in total. The van der Waals surface area contributed by atoms with E-state index in [1.54, 1.807) is 12.4 Å². The highest BCUT2D eigenvalue weighted by atomic mass is 127. The summed E-state index contributed by atoms with van der Waals surface area (Å²) in [7, 11) is 0. The second-order valence-corrected chi connectivity index (χ2v) is 7.79. The molecule has 7 heteroatoms. The van der Waals surface area contributed by atoms with Gasteiger partial charge in [-0.25, -0.2) is 0 Å². The lowest BCUT2D eigenvalue weighted by molar-refractivity contribution is -0.165. The van der Waals surface area contributed by atoms with Crippen LogP contribution < -0.4 is 13.6 Å². The first-order valence-electron chi connectivity index (χ1n) is 10.5. The minimum Gasteiger partial charge on any atom is -0.491 e. The van der Waals surface area contributed by atoms with E-state index < -0.39 is 0 Å². The fourth-order valence-electron chi connectivity index (χ4n) is 3.43. The van der Waals surface area contributed by atoms with Crippen molar-refractivity contribution in [1.29, 1.82) is 0 Å². The topological polar surface area (TPSA) is 64.6 Å². The summed E-state index contributed by atoms with van der Waals surface area (Å²) in [6, 6.07) is 18.2. The molecule has 1 saturated heterocycles. The number of benzene rings is 2. The first-order valence-corrected chi connectivity index (χ1v) is 11.5. The number of pyridine rings is 1. The highest BCUT2D eigenvalue weighted by Gasteiger charge is 2.13. The summed E-state index contributed by atoms with van der Waals surface area (Å²) >= 11 is 2.15. The van der Waals surface area contributed by atoms with Crippen LogP contribution in [0, 0.1) is 0 Å². The predicted octanol–water partition coefficient (Wildman–Crippen LogP) is 6.18. The molecule has 0 radical (unpaired) electrons. The fraction of sp³-hybridized carbons (Fsp3) is 0.292. The Hall–Kier alpha value is -2.36. The summed E-state index contributed by atoms with van der Waals surface area (Å²) in [6.07, 6.45) is 6.80. The van der Waals surface area contributed by atoms with Gasteiger partial charge in [0.25, 0.3) is 0 Å². The van der Waals surface area contributed by atoms with Gasteiger partial charge in [-0.2, -0.15) is 0 Å². The molecule has 0 spiro atoms. The Morgan fingerprint density at radius 1 is 0.935 bits per heavy atom. The molecule has 0 saturated carbocycles. The number of anilines is 3. The Labute approximate surface area is 196 Å². The molecule has 1 unspecified atom stereocenters. The van der Waals surface area contributed by atoms with E-state index in [2.05, 4.69) is 54.9 Å². The molecule has 1 atom stereocenters. The van der Waals surface area contributed by atoms with E-state index in [-0.39, 0.29) is 6.29 Å². The monoisotopic (exact) mass is 531 g/mol. The van der Waals surface area contributed by atoms with E-state index in [1.165, 1.54) is 6.42 Å². The Morgan fingerprint density at radius 2 is 1.77 bits per heavy atom. The van der Waals surface area contributed by atoms with Crippen molar-refractivity contribution in [2.45, 2.75) is 25.6 Å². The molecule has 0 aliphatic carbocycles. The van der Waals surface area contributed by atoms with E-state index in [4.69, 9.17) is 14.2 Å². The third-order valence-corrected chi connectivity index (χ3v) is 5.64. The van der Waals surface area contributed by atoms with Crippen molar-refractivity contribution in [2.24, 2.45) is 0 Å². The van der Waals surface area contributed by atoms with Crippen molar-refractivity contribution in [3.8, 4) is 16.9 Å². The van der Waals surface area contributed by atoms with Crippen LogP contribution in [0.4, 0.5) is 17.1 Å². The summed E-state index contributed by atoms with van der Waals surface area (Å²) in [5.41, 5.74) is 5.27. The summed E-state index contributed by atoms with van der Waals surface area (Å²) in [5, 5.41) is 3.46. The average molecular weight is 531 g/mol. The molecule has 3 aromatic rings. The molecule has 2 N–H and O–H groups in total. The highest BCUT2D eigenvalue weighted by Crippen LogP contribution is 2.32. The lowest BCUT2D eigenvalue weighted by atomic mass is 10.1. The third kappa shape index (κ3) is 6.32. The molecule has 4 rings (SSSR count). The molecule has 2 heterocycles. The zero-order valence-electron chi connectivity index (χ0n) is 17.2. The number of hydrogen-bond donors (Lipinski definition) is 2. The number of ether oxygens (including phenoxy) is 3. The van der Waals surface area contributed by atoms with Gasteiger partial charge in [-0.1, -0.05) is 6.07 Å². The van der Waals surface area contributed by atoms with E-state index in [0.717, 1.165) is 53.4 Å². The van der Waals surface area contributed by atoms with Crippen molar-refractivity contribution in [3.05, 3.63) is 67.0 Å². The zero-order valence-corrected chi connectivity index (χ0v) is 19.4. The quantitative estimate of drug-likeness (QED) is 0.196. The van der Waals surface area contributed by atoms with Gasteiger partial charge in [0, 0.05) is 24.7 Å². The minimum absolute atomic E-state index is 0.0745. The van der Waals surface area contributed by atoms with Gasteiger partial charge in [0.1, 0.15) is 12.4 Å². The number of nitrogens with one attached hydrogen (secondary N) is 2. The summed E-state index contributed by atoms with van der Waals surface area (Å²) in [6.45, 7) is 1.83. The van der Waals surface area contributed by atoms with E-state index in [1.807, 2.05) is 36.4 Å². The molecule has 0 amide bonds. The standard InChI is InChI=1S/C24H26IN3O3/c25-28-23-17-19(18-10-12-26-13-11-18)4-9-22(23)27-20-5-7-21(8-6-20)29-15-16-31-24-3-1-2-14-30-24/h4-13,17,24,27-28H,1-3,14-16H2.